The van der Waals surface area contributed by atoms with E-state index in [-0.39, 0.29) is 5.56 Å². The lowest BCUT2D eigenvalue weighted by atomic mass is 10.2. The molecule has 0 aliphatic heterocycles. The van der Waals surface area contributed by atoms with Gasteiger partial charge in [0.15, 0.2) is 5.65 Å². The Bertz CT molecular complexity index is 865. The zero-order valence-corrected chi connectivity index (χ0v) is 13.6. The highest BCUT2D eigenvalue weighted by atomic mass is 32.2. The lowest BCUT2D eigenvalue weighted by molar-refractivity contribution is 0.478. The third-order valence-corrected chi connectivity index (χ3v) is 5.33. The lowest BCUT2D eigenvalue weighted by Crippen LogP contribution is -2.13. The molecule has 0 bridgehead atoms. The van der Waals surface area contributed by atoms with E-state index in [1.165, 1.54) is 17.7 Å². The van der Waals surface area contributed by atoms with Crippen molar-refractivity contribution in [3.05, 3.63) is 52.7 Å². The summed E-state index contributed by atoms with van der Waals surface area (Å²) >= 11 is 1.67. The molecule has 1 fully saturated rings. The van der Waals surface area contributed by atoms with Gasteiger partial charge in [-0.3, -0.25) is 4.79 Å². The van der Waals surface area contributed by atoms with Crippen LogP contribution in [0.15, 0.2) is 46.2 Å². The molecule has 0 spiro atoms. The Hall–Kier alpha value is -2.08. The van der Waals surface area contributed by atoms with Crippen molar-refractivity contribution in [3.63, 3.8) is 0 Å². The molecule has 6 heteroatoms. The molecule has 1 N–H and O–H groups in total. The fraction of sp³-hybridized carbons (Fsp3) is 0.353. The number of fused-ring (bicyclic) bond motifs is 1. The first-order valence-corrected chi connectivity index (χ1v) is 8.94. The third-order valence-electron chi connectivity index (χ3n) is 4.30. The van der Waals surface area contributed by atoms with Gasteiger partial charge in [0.2, 0.25) is 0 Å². The van der Waals surface area contributed by atoms with Gasteiger partial charge >= 0.3 is 0 Å². The molecule has 0 radical (unpaired) electrons. The lowest BCUT2D eigenvalue weighted by Gasteiger charge is -2.10. The Labute approximate surface area is 138 Å². The van der Waals surface area contributed by atoms with Gasteiger partial charge in [0, 0.05) is 4.90 Å². The van der Waals surface area contributed by atoms with Crippen LogP contribution in [0.25, 0.3) is 11.0 Å². The predicted molar refractivity (Wildman–Crippen MR) is 91.7 cm³/mol. The summed E-state index contributed by atoms with van der Waals surface area (Å²) in [5.41, 5.74) is 0.632. The molecule has 3 aromatic rings. The van der Waals surface area contributed by atoms with E-state index in [9.17, 15) is 4.79 Å². The van der Waals surface area contributed by atoms with Crippen molar-refractivity contribution in [2.45, 2.75) is 42.4 Å². The van der Waals surface area contributed by atoms with E-state index in [0.29, 0.717) is 23.0 Å². The van der Waals surface area contributed by atoms with Crippen molar-refractivity contribution in [2.24, 2.45) is 0 Å². The Kier molecular flexibility index (Phi) is 3.91. The van der Waals surface area contributed by atoms with Crippen LogP contribution >= 0.6 is 11.8 Å². The van der Waals surface area contributed by atoms with Crippen LogP contribution in [0.1, 0.15) is 37.5 Å². The third kappa shape index (κ3) is 2.91. The highest BCUT2D eigenvalue weighted by Crippen LogP contribution is 2.30. The van der Waals surface area contributed by atoms with Crippen LogP contribution < -0.4 is 5.56 Å². The second-order valence-corrected chi connectivity index (χ2v) is 6.93. The molecule has 0 amide bonds. The molecule has 1 saturated carbocycles. The fourth-order valence-electron chi connectivity index (χ4n) is 3.13. The van der Waals surface area contributed by atoms with Gasteiger partial charge in [-0.05, 0) is 25.0 Å². The highest BCUT2D eigenvalue weighted by molar-refractivity contribution is 7.98. The van der Waals surface area contributed by atoms with Crippen molar-refractivity contribution in [1.82, 2.24) is 19.7 Å². The van der Waals surface area contributed by atoms with Crippen LogP contribution in [0.5, 0.6) is 0 Å². The summed E-state index contributed by atoms with van der Waals surface area (Å²) in [6, 6.07) is 10.5. The van der Waals surface area contributed by atoms with E-state index in [4.69, 9.17) is 0 Å². The van der Waals surface area contributed by atoms with Crippen molar-refractivity contribution in [1.29, 1.82) is 0 Å². The molecule has 0 unspecified atom stereocenters. The summed E-state index contributed by atoms with van der Waals surface area (Å²) in [5, 5.41) is 5.01. The van der Waals surface area contributed by atoms with Crippen LogP contribution in [0.3, 0.4) is 0 Å². The van der Waals surface area contributed by atoms with Crippen molar-refractivity contribution >= 4 is 22.8 Å². The topological polar surface area (TPSA) is 63.6 Å². The maximum Gasteiger partial charge on any atom is 0.262 e. The van der Waals surface area contributed by atoms with Crippen LogP contribution in [0.2, 0.25) is 0 Å². The van der Waals surface area contributed by atoms with Gasteiger partial charge < -0.3 is 4.98 Å². The number of rotatable bonds is 4. The first kappa shape index (κ1) is 14.5. The van der Waals surface area contributed by atoms with Gasteiger partial charge in [-0.2, -0.15) is 5.10 Å². The molecule has 1 aliphatic carbocycles. The average molecular weight is 326 g/mol. The molecule has 5 nitrogen and oxygen atoms in total. The van der Waals surface area contributed by atoms with E-state index in [1.54, 1.807) is 18.0 Å². The average Bonchev–Trinajstić information content (AvgIpc) is 3.23. The van der Waals surface area contributed by atoms with Crippen LogP contribution in [0, 0.1) is 0 Å². The minimum absolute atomic E-state index is 0.0945. The molecule has 1 aliphatic rings. The molecule has 0 atom stereocenters. The van der Waals surface area contributed by atoms with Crippen molar-refractivity contribution < 1.29 is 0 Å². The van der Waals surface area contributed by atoms with Gasteiger partial charge in [-0.1, -0.05) is 31.0 Å². The Balaban J connectivity index is 1.65. The van der Waals surface area contributed by atoms with E-state index >= 15 is 0 Å². The monoisotopic (exact) mass is 326 g/mol. The minimum Gasteiger partial charge on any atom is -0.309 e. The van der Waals surface area contributed by atoms with E-state index in [0.717, 1.165) is 18.5 Å². The maximum absolute atomic E-state index is 12.3. The fourth-order valence-corrected chi connectivity index (χ4v) is 3.92. The molecule has 1 aromatic carbocycles. The van der Waals surface area contributed by atoms with Gasteiger partial charge in [0.1, 0.15) is 11.2 Å². The number of nitrogens with zero attached hydrogens (tertiary/aromatic N) is 3. The number of aromatic nitrogens is 4. The summed E-state index contributed by atoms with van der Waals surface area (Å²) in [4.78, 5) is 21.0. The van der Waals surface area contributed by atoms with Crippen molar-refractivity contribution in [3.8, 4) is 0 Å². The number of benzene rings is 1. The maximum atomic E-state index is 12.3. The molecule has 4 rings (SSSR count). The summed E-state index contributed by atoms with van der Waals surface area (Å²) in [6.07, 6.45) is 6.35. The number of H-pyrrole nitrogens is 1. The van der Waals surface area contributed by atoms with Crippen LogP contribution in [-0.4, -0.2) is 19.7 Å². The predicted octanol–water partition coefficient (Wildman–Crippen LogP) is 3.53. The van der Waals surface area contributed by atoms with Gasteiger partial charge in [-0.15, -0.1) is 11.8 Å². The Morgan fingerprint density at radius 1 is 1.22 bits per heavy atom. The first-order chi connectivity index (χ1) is 11.3. The zero-order chi connectivity index (χ0) is 15.6. The van der Waals surface area contributed by atoms with E-state index in [2.05, 4.69) is 27.2 Å². The zero-order valence-electron chi connectivity index (χ0n) is 12.7. The first-order valence-electron chi connectivity index (χ1n) is 7.95. The largest absolute Gasteiger partial charge is 0.309 e. The van der Waals surface area contributed by atoms with Crippen LogP contribution in [0.4, 0.5) is 0 Å². The van der Waals surface area contributed by atoms with Gasteiger partial charge in [0.25, 0.3) is 5.56 Å². The minimum atomic E-state index is -0.0945. The van der Waals surface area contributed by atoms with E-state index in [1.807, 2.05) is 22.9 Å². The molecule has 2 heterocycles. The van der Waals surface area contributed by atoms with Crippen molar-refractivity contribution in [2.75, 3.05) is 0 Å². The summed E-state index contributed by atoms with van der Waals surface area (Å²) < 4.78 is 1.95. The smallest absolute Gasteiger partial charge is 0.262 e. The number of thioether (sulfide) groups is 1. The summed E-state index contributed by atoms with van der Waals surface area (Å²) in [7, 11) is 0. The molecule has 2 aromatic heterocycles. The number of hydrogen-bond donors (Lipinski definition) is 1. The van der Waals surface area contributed by atoms with E-state index < -0.39 is 0 Å². The summed E-state index contributed by atoms with van der Waals surface area (Å²) in [5.74, 6) is 1.35. The molecular formula is C17H18N4OS. The second kappa shape index (κ2) is 6.20. The standard InChI is InChI=1S/C17H18N4OS/c22-17-14-10-18-21(12-6-4-5-7-12)16(14)19-15(20-17)11-23-13-8-2-1-3-9-13/h1-3,8-10,12H,4-7,11H2,(H,19,20,22). The number of hydrogen-bond acceptors (Lipinski definition) is 4. The Morgan fingerprint density at radius 3 is 2.78 bits per heavy atom. The normalized spacial score (nSPS) is 15.5. The molecule has 0 saturated heterocycles. The SMILES string of the molecule is O=c1[nH]c(CSc2ccccc2)nc2c1cnn2C1CCCC1. The Morgan fingerprint density at radius 2 is 2.00 bits per heavy atom. The second-order valence-electron chi connectivity index (χ2n) is 5.88. The quantitative estimate of drug-likeness (QED) is 0.745. The summed E-state index contributed by atoms with van der Waals surface area (Å²) in [6.45, 7) is 0. The molecule has 118 valence electrons. The number of nitrogens with one attached hydrogen (secondary N) is 1. The number of aromatic amines is 1. The molecule has 23 heavy (non-hydrogen) atoms. The van der Waals surface area contributed by atoms with Gasteiger partial charge in [0.05, 0.1) is 18.0 Å². The highest BCUT2D eigenvalue weighted by Gasteiger charge is 2.21. The van der Waals surface area contributed by atoms with Gasteiger partial charge in [-0.25, -0.2) is 9.67 Å². The van der Waals surface area contributed by atoms with Crippen LogP contribution in [-0.2, 0) is 5.75 Å². The molecular weight excluding hydrogens is 308 g/mol.